The summed E-state index contributed by atoms with van der Waals surface area (Å²) < 4.78 is 7.27. The smallest absolute Gasteiger partial charge is 0.258 e. The van der Waals surface area contributed by atoms with Gasteiger partial charge in [-0.3, -0.25) is 14.5 Å². The molecule has 0 fully saturated rings. The highest BCUT2D eigenvalue weighted by Crippen LogP contribution is 2.16. The summed E-state index contributed by atoms with van der Waals surface area (Å²) in [6.07, 6.45) is 7.26. The molecule has 128 valence electrons. The van der Waals surface area contributed by atoms with Crippen LogP contribution in [0.25, 0.3) is 11.1 Å². The Hall–Kier alpha value is -3.15. The summed E-state index contributed by atoms with van der Waals surface area (Å²) in [6, 6.07) is 11.5. The van der Waals surface area contributed by atoms with E-state index in [1.165, 1.54) is 0 Å². The van der Waals surface area contributed by atoms with Crippen molar-refractivity contribution in [1.29, 1.82) is 0 Å². The fourth-order valence-electron chi connectivity index (χ4n) is 2.38. The second kappa shape index (κ2) is 8.10. The van der Waals surface area contributed by atoms with Crippen molar-refractivity contribution in [2.75, 3.05) is 13.2 Å². The molecule has 0 spiro atoms. The van der Waals surface area contributed by atoms with Crippen LogP contribution in [0.1, 0.15) is 5.56 Å². The largest absolute Gasteiger partial charge is 0.484 e. The number of aromatic nitrogens is 3. The van der Waals surface area contributed by atoms with E-state index in [0.717, 1.165) is 16.7 Å². The van der Waals surface area contributed by atoms with E-state index in [9.17, 15) is 4.79 Å². The van der Waals surface area contributed by atoms with Crippen LogP contribution in [0.2, 0.25) is 0 Å². The monoisotopic (exact) mass is 336 g/mol. The van der Waals surface area contributed by atoms with Gasteiger partial charge < -0.3 is 10.1 Å². The predicted octanol–water partition coefficient (Wildman–Crippen LogP) is 2.45. The molecule has 0 saturated carbocycles. The quantitative estimate of drug-likeness (QED) is 0.719. The first-order valence-electron chi connectivity index (χ1n) is 8.10. The number of ether oxygens (including phenoxy) is 1. The summed E-state index contributed by atoms with van der Waals surface area (Å²) in [7, 11) is 0. The number of pyridine rings is 1. The Labute approximate surface area is 146 Å². The lowest BCUT2D eigenvalue weighted by Crippen LogP contribution is -2.31. The van der Waals surface area contributed by atoms with Crippen LogP contribution < -0.4 is 10.1 Å². The summed E-state index contributed by atoms with van der Waals surface area (Å²) in [5, 5.41) is 7.13. The first-order chi connectivity index (χ1) is 12.2. The summed E-state index contributed by atoms with van der Waals surface area (Å²) in [4.78, 5) is 15.9. The first kappa shape index (κ1) is 16.7. The number of carbonyl (C=O) groups excluding carboxylic acids is 1. The van der Waals surface area contributed by atoms with E-state index in [1.54, 1.807) is 23.3 Å². The van der Waals surface area contributed by atoms with Crippen LogP contribution in [0.15, 0.2) is 61.2 Å². The predicted molar refractivity (Wildman–Crippen MR) is 95.1 cm³/mol. The third-order valence-electron chi connectivity index (χ3n) is 3.65. The molecule has 3 rings (SSSR count). The molecule has 25 heavy (non-hydrogen) atoms. The van der Waals surface area contributed by atoms with E-state index < -0.39 is 0 Å². The molecule has 0 aliphatic heterocycles. The van der Waals surface area contributed by atoms with Gasteiger partial charge in [-0.15, -0.1) is 0 Å². The number of amides is 1. The van der Waals surface area contributed by atoms with E-state index >= 15 is 0 Å². The van der Waals surface area contributed by atoms with Crippen molar-refractivity contribution < 1.29 is 9.53 Å². The molecule has 6 heteroatoms. The molecule has 6 nitrogen and oxygen atoms in total. The van der Waals surface area contributed by atoms with E-state index in [4.69, 9.17) is 4.74 Å². The zero-order chi connectivity index (χ0) is 17.5. The van der Waals surface area contributed by atoms with Crippen molar-refractivity contribution in [1.82, 2.24) is 20.1 Å². The molecule has 1 aromatic carbocycles. The summed E-state index contributed by atoms with van der Waals surface area (Å²) in [5.74, 6) is 0.546. The Morgan fingerprint density at radius 3 is 2.92 bits per heavy atom. The second-order valence-corrected chi connectivity index (χ2v) is 5.69. The highest BCUT2D eigenvalue weighted by atomic mass is 16.5. The van der Waals surface area contributed by atoms with Crippen LogP contribution in [-0.2, 0) is 11.3 Å². The topological polar surface area (TPSA) is 69.0 Å². The number of aryl methyl sites for hydroxylation is 1. The molecule has 0 aliphatic rings. The molecule has 0 aliphatic carbocycles. The molecule has 2 aromatic heterocycles. The summed E-state index contributed by atoms with van der Waals surface area (Å²) in [5.41, 5.74) is 3.12. The zero-order valence-corrected chi connectivity index (χ0v) is 14.1. The van der Waals surface area contributed by atoms with Gasteiger partial charge in [-0.2, -0.15) is 5.10 Å². The lowest BCUT2D eigenvalue weighted by atomic mass is 10.2. The fourth-order valence-corrected chi connectivity index (χ4v) is 2.38. The van der Waals surface area contributed by atoms with E-state index in [1.807, 2.05) is 49.5 Å². The number of benzene rings is 1. The average Bonchev–Trinajstić information content (AvgIpc) is 3.10. The van der Waals surface area contributed by atoms with Gasteiger partial charge in [0, 0.05) is 36.3 Å². The SMILES string of the molecule is Cc1cccc(OCC(=O)NCCn2cc(-c3cccnc3)cn2)c1. The van der Waals surface area contributed by atoms with Gasteiger partial charge in [0.2, 0.25) is 0 Å². The molecule has 0 bridgehead atoms. The minimum absolute atomic E-state index is 0.00347. The Kier molecular flexibility index (Phi) is 5.41. The number of nitrogens with zero attached hydrogens (tertiary/aromatic N) is 3. The Balaban J connectivity index is 1.42. The number of hydrogen-bond acceptors (Lipinski definition) is 4. The van der Waals surface area contributed by atoms with Crippen molar-refractivity contribution >= 4 is 5.91 Å². The molecule has 1 amide bonds. The van der Waals surface area contributed by atoms with Crippen LogP contribution in [0.3, 0.4) is 0 Å². The van der Waals surface area contributed by atoms with Gasteiger partial charge in [-0.25, -0.2) is 0 Å². The Morgan fingerprint density at radius 2 is 2.12 bits per heavy atom. The highest BCUT2D eigenvalue weighted by molar-refractivity contribution is 5.77. The molecule has 1 N–H and O–H groups in total. The average molecular weight is 336 g/mol. The van der Waals surface area contributed by atoms with Gasteiger partial charge >= 0.3 is 0 Å². The van der Waals surface area contributed by atoms with Gasteiger partial charge in [0.1, 0.15) is 5.75 Å². The minimum Gasteiger partial charge on any atom is -0.484 e. The van der Waals surface area contributed by atoms with Crippen molar-refractivity contribution in [3.63, 3.8) is 0 Å². The van der Waals surface area contributed by atoms with Gasteiger partial charge in [-0.05, 0) is 30.7 Å². The van der Waals surface area contributed by atoms with E-state index in [-0.39, 0.29) is 12.5 Å². The Bertz CT molecular complexity index is 830. The van der Waals surface area contributed by atoms with Crippen LogP contribution in [0.4, 0.5) is 0 Å². The number of hydrogen-bond donors (Lipinski definition) is 1. The van der Waals surface area contributed by atoms with Crippen LogP contribution in [0.5, 0.6) is 5.75 Å². The van der Waals surface area contributed by atoms with Crippen molar-refractivity contribution in [2.24, 2.45) is 0 Å². The van der Waals surface area contributed by atoms with Gasteiger partial charge in [-0.1, -0.05) is 18.2 Å². The number of rotatable bonds is 7. The second-order valence-electron chi connectivity index (χ2n) is 5.69. The molecule has 3 aromatic rings. The fraction of sp³-hybridized carbons (Fsp3) is 0.211. The van der Waals surface area contributed by atoms with Crippen LogP contribution in [-0.4, -0.2) is 33.8 Å². The maximum Gasteiger partial charge on any atom is 0.258 e. The van der Waals surface area contributed by atoms with Gasteiger partial charge in [0.05, 0.1) is 12.7 Å². The maximum atomic E-state index is 11.8. The molecule has 0 atom stereocenters. The number of carbonyl (C=O) groups is 1. The van der Waals surface area contributed by atoms with Crippen molar-refractivity contribution in [3.8, 4) is 16.9 Å². The maximum absolute atomic E-state index is 11.8. The normalized spacial score (nSPS) is 10.4. The lowest BCUT2D eigenvalue weighted by molar-refractivity contribution is -0.123. The number of nitrogens with one attached hydrogen (secondary N) is 1. The van der Waals surface area contributed by atoms with Crippen molar-refractivity contribution in [3.05, 3.63) is 66.7 Å². The minimum atomic E-state index is -0.152. The molecule has 0 radical (unpaired) electrons. The third kappa shape index (κ3) is 4.91. The lowest BCUT2D eigenvalue weighted by Gasteiger charge is -2.08. The van der Waals surface area contributed by atoms with E-state index in [2.05, 4.69) is 15.4 Å². The standard InChI is InChI=1S/C19H20N4O2/c1-15-4-2-6-18(10-15)25-14-19(24)21-8-9-23-13-17(12-22-23)16-5-3-7-20-11-16/h2-7,10-13H,8-9,14H2,1H3,(H,21,24). The first-order valence-corrected chi connectivity index (χ1v) is 8.10. The third-order valence-corrected chi connectivity index (χ3v) is 3.65. The molecular formula is C19H20N4O2. The van der Waals surface area contributed by atoms with Gasteiger partial charge in [0.25, 0.3) is 5.91 Å². The molecular weight excluding hydrogens is 316 g/mol. The van der Waals surface area contributed by atoms with Gasteiger partial charge in [0.15, 0.2) is 6.61 Å². The molecule has 0 saturated heterocycles. The summed E-state index contributed by atoms with van der Waals surface area (Å²) in [6.45, 7) is 3.07. The molecule has 2 heterocycles. The van der Waals surface area contributed by atoms with Crippen molar-refractivity contribution in [2.45, 2.75) is 13.5 Å². The molecule has 0 unspecified atom stereocenters. The summed E-state index contributed by atoms with van der Waals surface area (Å²) >= 11 is 0. The Morgan fingerprint density at radius 1 is 1.20 bits per heavy atom. The van der Waals surface area contributed by atoms with E-state index in [0.29, 0.717) is 18.8 Å². The zero-order valence-electron chi connectivity index (χ0n) is 14.1. The van der Waals surface area contributed by atoms with Crippen LogP contribution >= 0.6 is 0 Å². The highest BCUT2D eigenvalue weighted by Gasteiger charge is 2.04. The van der Waals surface area contributed by atoms with Crippen LogP contribution in [0, 0.1) is 6.92 Å².